The highest BCUT2D eigenvalue weighted by molar-refractivity contribution is 7.90. The number of rotatable bonds is 5. The van der Waals surface area contributed by atoms with Crippen LogP contribution in [-0.2, 0) is 31.7 Å². The molecule has 1 amide bonds. The van der Waals surface area contributed by atoms with Crippen LogP contribution in [0, 0.1) is 0 Å². The Morgan fingerprint density at radius 3 is 2.77 bits per heavy atom. The van der Waals surface area contributed by atoms with Gasteiger partial charge in [0.25, 0.3) is 5.91 Å². The monoisotopic (exact) mass is 446 g/mol. The number of amides is 1. The van der Waals surface area contributed by atoms with Crippen molar-refractivity contribution in [3.8, 4) is 5.75 Å². The molecule has 31 heavy (non-hydrogen) atoms. The predicted molar refractivity (Wildman–Crippen MR) is 113 cm³/mol. The topological polar surface area (TPSA) is 103 Å². The average molecular weight is 447 g/mol. The van der Waals surface area contributed by atoms with Gasteiger partial charge in [-0.05, 0) is 37.8 Å². The molecule has 5 rings (SSSR count). The van der Waals surface area contributed by atoms with E-state index in [9.17, 15) is 13.2 Å². The molecular weight excluding hydrogens is 420 g/mol. The van der Waals surface area contributed by atoms with Crippen LogP contribution in [0.25, 0.3) is 0 Å². The minimum Gasteiger partial charge on any atom is -0.497 e. The van der Waals surface area contributed by atoms with Crippen molar-refractivity contribution < 1.29 is 22.7 Å². The SMILES string of the molecule is COc1cccc(NC(=O)[C@@H]2Cn3ccnc3C3(CCN(S(=O)(=O)C4CC4)CC3)O2)c1. The average Bonchev–Trinajstić information content (AvgIpc) is 3.53. The zero-order chi connectivity index (χ0) is 21.6. The molecule has 10 heteroatoms. The van der Waals surface area contributed by atoms with E-state index in [0.29, 0.717) is 43.9 Å². The van der Waals surface area contributed by atoms with Gasteiger partial charge in [-0.2, -0.15) is 0 Å². The second kappa shape index (κ2) is 7.61. The fourth-order valence-corrected chi connectivity index (χ4v) is 6.32. The zero-order valence-corrected chi connectivity index (χ0v) is 18.2. The van der Waals surface area contributed by atoms with Crippen LogP contribution >= 0.6 is 0 Å². The van der Waals surface area contributed by atoms with Crippen LogP contribution in [0.1, 0.15) is 31.5 Å². The molecule has 2 fully saturated rings. The van der Waals surface area contributed by atoms with Gasteiger partial charge in [0, 0.05) is 37.2 Å². The van der Waals surface area contributed by atoms with Crippen molar-refractivity contribution in [3.63, 3.8) is 0 Å². The summed E-state index contributed by atoms with van der Waals surface area (Å²) in [6, 6.07) is 7.16. The molecule has 1 aliphatic carbocycles. The van der Waals surface area contributed by atoms with Gasteiger partial charge in [-0.1, -0.05) is 6.07 Å². The molecule has 1 saturated carbocycles. The molecule has 1 N–H and O–H groups in total. The number of carbonyl (C=O) groups is 1. The number of nitrogens with zero attached hydrogens (tertiary/aromatic N) is 3. The van der Waals surface area contributed by atoms with E-state index in [1.54, 1.807) is 29.7 Å². The van der Waals surface area contributed by atoms with Gasteiger partial charge in [0.1, 0.15) is 17.2 Å². The highest BCUT2D eigenvalue weighted by atomic mass is 32.2. The Morgan fingerprint density at radius 1 is 1.29 bits per heavy atom. The molecule has 1 aromatic heterocycles. The molecule has 3 heterocycles. The van der Waals surface area contributed by atoms with Crippen LogP contribution < -0.4 is 10.1 Å². The Balaban J connectivity index is 1.34. The minimum atomic E-state index is -3.23. The van der Waals surface area contributed by atoms with Crippen LogP contribution in [0.4, 0.5) is 5.69 Å². The normalized spacial score (nSPS) is 23.3. The summed E-state index contributed by atoms with van der Waals surface area (Å²) in [5.74, 6) is 1.17. The Bertz CT molecular complexity index is 1090. The van der Waals surface area contributed by atoms with Crippen LogP contribution in [0.3, 0.4) is 0 Å². The van der Waals surface area contributed by atoms with Gasteiger partial charge in [0.15, 0.2) is 6.10 Å². The molecular formula is C21H26N4O5S. The highest BCUT2D eigenvalue weighted by Crippen LogP contribution is 2.42. The first-order valence-corrected chi connectivity index (χ1v) is 12.0. The second-order valence-electron chi connectivity index (χ2n) is 8.37. The fraction of sp³-hybridized carbons (Fsp3) is 0.524. The number of carbonyl (C=O) groups excluding carboxylic acids is 1. The summed E-state index contributed by atoms with van der Waals surface area (Å²) in [5.41, 5.74) is -0.142. The molecule has 0 unspecified atom stereocenters. The molecule has 9 nitrogen and oxygen atoms in total. The molecule has 1 saturated heterocycles. The number of benzene rings is 1. The molecule has 0 radical (unpaired) electrons. The number of hydrogen-bond donors (Lipinski definition) is 1. The number of imidazole rings is 1. The Morgan fingerprint density at radius 2 is 2.06 bits per heavy atom. The van der Waals surface area contributed by atoms with E-state index >= 15 is 0 Å². The van der Waals surface area contributed by atoms with Crippen LogP contribution in [0.5, 0.6) is 5.75 Å². The largest absolute Gasteiger partial charge is 0.497 e. The van der Waals surface area contributed by atoms with Gasteiger partial charge < -0.3 is 19.4 Å². The predicted octanol–water partition coefficient (Wildman–Crippen LogP) is 1.71. The molecule has 166 valence electrons. The molecule has 1 spiro atoms. The molecule has 2 aliphatic heterocycles. The first kappa shape index (κ1) is 20.5. The summed E-state index contributed by atoms with van der Waals surface area (Å²) in [5, 5.41) is 2.68. The van der Waals surface area contributed by atoms with Gasteiger partial charge in [0.2, 0.25) is 10.0 Å². The van der Waals surface area contributed by atoms with Crippen molar-refractivity contribution in [1.29, 1.82) is 0 Å². The summed E-state index contributed by atoms with van der Waals surface area (Å²) >= 11 is 0. The summed E-state index contributed by atoms with van der Waals surface area (Å²) in [6.45, 7) is 1.10. The standard InChI is InChI=1S/C21H26N4O5S/c1-29-16-4-2-3-15(13-16)23-19(26)18-14-24-12-9-22-20(24)21(30-18)7-10-25(11-8-21)31(27,28)17-5-6-17/h2-4,9,12-13,17-18H,5-8,10-11,14H2,1H3,(H,23,26)/t18-/m0/s1. The smallest absolute Gasteiger partial charge is 0.255 e. The Hall–Kier alpha value is -2.43. The molecule has 3 aliphatic rings. The van der Waals surface area contributed by atoms with E-state index in [1.807, 2.05) is 22.9 Å². The van der Waals surface area contributed by atoms with Crippen molar-refractivity contribution >= 4 is 21.6 Å². The third kappa shape index (κ3) is 3.72. The highest BCUT2D eigenvalue weighted by Gasteiger charge is 2.50. The third-order valence-corrected chi connectivity index (χ3v) is 8.72. The molecule has 0 bridgehead atoms. The zero-order valence-electron chi connectivity index (χ0n) is 17.4. The van der Waals surface area contributed by atoms with Crippen LogP contribution in [0.15, 0.2) is 36.7 Å². The van der Waals surface area contributed by atoms with Crippen molar-refractivity contribution in [2.75, 3.05) is 25.5 Å². The van der Waals surface area contributed by atoms with Gasteiger partial charge in [-0.3, -0.25) is 4.79 Å². The first-order valence-electron chi connectivity index (χ1n) is 10.5. The number of nitrogens with one attached hydrogen (secondary N) is 1. The van der Waals surface area contributed by atoms with Gasteiger partial charge in [-0.15, -0.1) is 0 Å². The van der Waals surface area contributed by atoms with Crippen molar-refractivity contribution in [2.24, 2.45) is 0 Å². The molecule has 2 aromatic rings. The maximum absolute atomic E-state index is 13.0. The quantitative estimate of drug-likeness (QED) is 0.750. The van der Waals surface area contributed by atoms with E-state index in [0.717, 1.165) is 18.7 Å². The number of piperidine rings is 1. The lowest BCUT2D eigenvalue weighted by molar-refractivity contribution is -0.166. The van der Waals surface area contributed by atoms with Crippen LogP contribution in [0.2, 0.25) is 0 Å². The third-order valence-electron chi connectivity index (χ3n) is 6.32. The summed E-state index contributed by atoms with van der Waals surface area (Å²) in [7, 11) is -1.65. The van der Waals surface area contributed by atoms with Crippen molar-refractivity contribution in [3.05, 3.63) is 42.5 Å². The van der Waals surface area contributed by atoms with Crippen molar-refractivity contribution in [1.82, 2.24) is 13.9 Å². The number of aromatic nitrogens is 2. The van der Waals surface area contributed by atoms with Gasteiger partial charge in [0.05, 0.1) is 18.9 Å². The molecule has 1 aromatic carbocycles. The number of methoxy groups -OCH3 is 1. The van der Waals surface area contributed by atoms with E-state index in [4.69, 9.17) is 9.47 Å². The maximum atomic E-state index is 13.0. The van der Waals surface area contributed by atoms with Crippen molar-refractivity contribution in [2.45, 2.75) is 49.2 Å². The Kier molecular flexibility index (Phi) is 5.03. The van der Waals surface area contributed by atoms with E-state index < -0.39 is 21.7 Å². The van der Waals surface area contributed by atoms with E-state index in [-0.39, 0.29) is 11.2 Å². The number of ether oxygens (including phenoxy) is 2. The minimum absolute atomic E-state index is 0.225. The number of fused-ring (bicyclic) bond motifs is 2. The van der Waals surface area contributed by atoms with Gasteiger partial charge >= 0.3 is 0 Å². The van der Waals surface area contributed by atoms with Gasteiger partial charge in [-0.25, -0.2) is 17.7 Å². The lowest BCUT2D eigenvalue weighted by Crippen LogP contribution is -2.54. The lowest BCUT2D eigenvalue weighted by atomic mass is 9.89. The summed E-state index contributed by atoms with van der Waals surface area (Å²) in [4.78, 5) is 17.5. The fourth-order valence-electron chi connectivity index (χ4n) is 4.48. The summed E-state index contributed by atoms with van der Waals surface area (Å²) in [6.07, 6.45) is 5.28. The van der Waals surface area contributed by atoms with E-state index in [1.165, 1.54) is 0 Å². The summed E-state index contributed by atoms with van der Waals surface area (Å²) < 4.78 is 40.4. The maximum Gasteiger partial charge on any atom is 0.255 e. The molecule has 1 atom stereocenters. The van der Waals surface area contributed by atoms with Crippen LogP contribution in [-0.4, -0.2) is 59.7 Å². The van der Waals surface area contributed by atoms with E-state index in [2.05, 4.69) is 10.3 Å². The number of sulfonamides is 1. The second-order valence-corrected chi connectivity index (χ2v) is 10.6. The number of hydrogen-bond acceptors (Lipinski definition) is 6. The Labute approximate surface area is 181 Å². The first-order chi connectivity index (χ1) is 14.9. The number of anilines is 1. The lowest BCUT2D eigenvalue weighted by Gasteiger charge is -2.45.